The van der Waals surface area contributed by atoms with Crippen molar-refractivity contribution < 1.29 is 14.3 Å². The first-order valence-electron chi connectivity index (χ1n) is 9.74. The predicted octanol–water partition coefficient (Wildman–Crippen LogP) is 5.88. The van der Waals surface area contributed by atoms with Gasteiger partial charge < -0.3 is 9.47 Å². The van der Waals surface area contributed by atoms with Crippen molar-refractivity contribution in [3.63, 3.8) is 0 Å². The number of halogens is 2. The van der Waals surface area contributed by atoms with E-state index in [-0.39, 0.29) is 12.3 Å². The molecule has 0 atom stereocenters. The summed E-state index contributed by atoms with van der Waals surface area (Å²) in [5.74, 6) is 1.23. The number of carbonyl (C=O) groups excluding carboxylic acids is 1. The van der Waals surface area contributed by atoms with Crippen molar-refractivity contribution in [2.45, 2.75) is 20.0 Å². The van der Waals surface area contributed by atoms with E-state index in [1.165, 1.54) is 0 Å². The van der Waals surface area contributed by atoms with Crippen LogP contribution in [0.3, 0.4) is 0 Å². The lowest BCUT2D eigenvalue weighted by Crippen LogP contribution is -2.19. The second-order valence-electron chi connectivity index (χ2n) is 6.63. The largest absolute Gasteiger partial charge is 0.494 e. The SMILES string of the molecule is CCOc1ccc(CC(=O)N/N=C/c2cc(Br)cc(Br)c2OCc2ccccc2)cc1. The fourth-order valence-corrected chi connectivity index (χ4v) is 4.20. The van der Waals surface area contributed by atoms with Crippen LogP contribution in [0, 0.1) is 0 Å². The molecule has 0 aliphatic rings. The van der Waals surface area contributed by atoms with Crippen LogP contribution in [0.2, 0.25) is 0 Å². The van der Waals surface area contributed by atoms with E-state index in [2.05, 4.69) is 42.4 Å². The molecule has 0 aliphatic carbocycles. The summed E-state index contributed by atoms with van der Waals surface area (Å²) in [6, 6.07) is 21.1. The highest BCUT2D eigenvalue weighted by atomic mass is 79.9. The minimum Gasteiger partial charge on any atom is -0.494 e. The number of benzene rings is 3. The lowest BCUT2D eigenvalue weighted by atomic mass is 10.1. The number of hydrogen-bond acceptors (Lipinski definition) is 4. The highest BCUT2D eigenvalue weighted by molar-refractivity contribution is 9.11. The van der Waals surface area contributed by atoms with Gasteiger partial charge in [0.15, 0.2) is 0 Å². The summed E-state index contributed by atoms with van der Waals surface area (Å²) in [5.41, 5.74) is 5.25. The number of hydrogen-bond donors (Lipinski definition) is 1. The molecule has 0 heterocycles. The summed E-state index contributed by atoms with van der Waals surface area (Å²) in [6.45, 7) is 2.96. The van der Waals surface area contributed by atoms with Crippen LogP contribution in [0.4, 0.5) is 0 Å². The summed E-state index contributed by atoms with van der Waals surface area (Å²) in [7, 11) is 0. The Bertz CT molecular complexity index is 1040. The van der Waals surface area contributed by atoms with Gasteiger partial charge in [0.25, 0.3) is 0 Å². The third-order valence-electron chi connectivity index (χ3n) is 4.26. The Morgan fingerprint density at radius 3 is 2.45 bits per heavy atom. The van der Waals surface area contributed by atoms with Crippen molar-refractivity contribution in [3.05, 3.63) is 92.4 Å². The molecule has 0 spiro atoms. The molecule has 7 heteroatoms. The minimum atomic E-state index is -0.207. The molecular formula is C24H22Br2N2O3. The van der Waals surface area contributed by atoms with Crippen LogP contribution in [0.1, 0.15) is 23.6 Å². The van der Waals surface area contributed by atoms with Gasteiger partial charge in [-0.2, -0.15) is 5.10 Å². The van der Waals surface area contributed by atoms with Crippen LogP contribution in [0.5, 0.6) is 11.5 Å². The van der Waals surface area contributed by atoms with Crippen LogP contribution in [0.15, 0.2) is 80.8 Å². The summed E-state index contributed by atoms with van der Waals surface area (Å²) in [5, 5.41) is 4.11. The highest BCUT2D eigenvalue weighted by Gasteiger charge is 2.10. The average Bonchev–Trinajstić information content (AvgIpc) is 2.75. The molecule has 1 amide bonds. The number of nitrogens with zero attached hydrogens (tertiary/aromatic N) is 1. The van der Waals surface area contributed by atoms with E-state index in [4.69, 9.17) is 9.47 Å². The number of carbonyl (C=O) groups is 1. The normalized spacial score (nSPS) is 10.8. The molecule has 0 bridgehead atoms. The molecule has 0 saturated carbocycles. The lowest BCUT2D eigenvalue weighted by molar-refractivity contribution is -0.120. The Balaban J connectivity index is 1.63. The first kappa shape index (κ1) is 23.0. The number of hydrazone groups is 1. The van der Waals surface area contributed by atoms with Gasteiger partial charge in [0, 0.05) is 10.0 Å². The smallest absolute Gasteiger partial charge is 0.244 e. The second kappa shape index (κ2) is 11.7. The zero-order chi connectivity index (χ0) is 22.1. The van der Waals surface area contributed by atoms with Gasteiger partial charge in [-0.3, -0.25) is 4.79 Å². The first-order valence-corrected chi connectivity index (χ1v) is 11.3. The Morgan fingerprint density at radius 2 is 1.74 bits per heavy atom. The number of rotatable bonds is 9. The molecular weight excluding hydrogens is 524 g/mol. The molecule has 0 saturated heterocycles. The van der Waals surface area contributed by atoms with Gasteiger partial charge in [-0.1, -0.05) is 58.4 Å². The highest BCUT2D eigenvalue weighted by Crippen LogP contribution is 2.32. The van der Waals surface area contributed by atoms with Gasteiger partial charge in [-0.25, -0.2) is 5.43 Å². The monoisotopic (exact) mass is 544 g/mol. The van der Waals surface area contributed by atoms with E-state index in [1.54, 1.807) is 6.21 Å². The number of amides is 1. The van der Waals surface area contributed by atoms with Gasteiger partial charge in [0.2, 0.25) is 5.91 Å². The predicted molar refractivity (Wildman–Crippen MR) is 130 cm³/mol. The van der Waals surface area contributed by atoms with E-state index < -0.39 is 0 Å². The van der Waals surface area contributed by atoms with E-state index in [1.807, 2.05) is 73.7 Å². The molecule has 0 radical (unpaired) electrons. The molecule has 1 N–H and O–H groups in total. The number of ether oxygens (including phenoxy) is 2. The summed E-state index contributed by atoms with van der Waals surface area (Å²) in [4.78, 5) is 12.2. The zero-order valence-corrected chi connectivity index (χ0v) is 20.1. The van der Waals surface area contributed by atoms with Crippen molar-refractivity contribution >= 4 is 44.0 Å². The quantitative estimate of drug-likeness (QED) is 0.270. The van der Waals surface area contributed by atoms with Crippen molar-refractivity contribution in [3.8, 4) is 11.5 Å². The number of nitrogens with one attached hydrogen (secondary N) is 1. The molecule has 3 rings (SSSR count). The Morgan fingerprint density at radius 1 is 1.00 bits per heavy atom. The van der Waals surface area contributed by atoms with Crippen molar-refractivity contribution in [1.82, 2.24) is 5.43 Å². The van der Waals surface area contributed by atoms with E-state index in [0.717, 1.165) is 31.4 Å². The van der Waals surface area contributed by atoms with E-state index >= 15 is 0 Å². The van der Waals surface area contributed by atoms with Crippen molar-refractivity contribution in [2.24, 2.45) is 5.10 Å². The molecule has 0 aromatic heterocycles. The Kier molecular flexibility index (Phi) is 8.67. The van der Waals surface area contributed by atoms with Gasteiger partial charge in [-0.05, 0) is 58.2 Å². The maximum Gasteiger partial charge on any atom is 0.244 e. The van der Waals surface area contributed by atoms with Crippen molar-refractivity contribution in [1.29, 1.82) is 0 Å². The first-order chi connectivity index (χ1) is 15.0. The second-order valence-corrected chi connectivity index (χ2v) is 8.40. The molecule has 160 valence electrons. The standard InChI is InChI=1S/C24H22Br2N2O3/c1-2-30-21-10-8-17(9-11-21)12-23(29)28-27-15-19-13-20(25)14-22(26)24(19)31-16-18-6-4-3-5-7-18/h3-11,13-15H,2,12,16H2,1H3,(H,28,29)/b27-15+. The Hall–Kier alpha value is -2.64. The molecule has 3 aromatic rings. The molecule has 0 unspecified atom stereocenters. The fourth-order valence-electron chi connectivity index (χ4n) is 2.83. The van der Waals surface area contributed by atoms with Crippen LogP contribution < -0.4 is 14.9 Å². The lowest BCUT2D eigenvalue weighted by Gasteiger charge is -2.12. The fraction of sp³-hybridized carbons (Fsp3) is 0.167. The van der Waals surface area contributed by atoms with Gasteiger partial charge in [0.05, 0.1) is 23.7 Å². The maximum atomic E-state index is 12.2. The van der Waals surface area contributed by atoms with Crippen molar-refractivity contribution in [2.75, 3.05) is 6.61 Å². The maximum absolute atomic E-state index is 12.2. The molecule has 31 heavy (non-hydrogen) atoms. The molecule has 0 fully saturated rings. The Labute approximate surface area is 198 Å². The third-order valence-corrected chi connectivity index (χ3v) is 5.30. The van der Waals surface area contributed by atoms with Crippen LogP contribution >= 0.6 is 31.9 Å². The molecule has 3 aromatic carbocycles. The van der Waals surface area contributed by atoms with E-state index in [9.17, 15) is 4.79 Å². The van der Waals surface area contributed by atoms with Gasteiger partial charge >= 0.3 is 0 Å². The molecule has 5 nitrogen and oxygen atoms in total. The summed E-state index contributed by atoms with van der Waals surface area (Å²) >= 11 is 7.02. The van der Waals surface area contributed by atoms with Crippen LogP contribution in [0.25, 0.3) is 0 Å². The summed E-state index contributed by atoms with van der Waals surface area (Å²) < 4.78 is 13.1. The van der Waals surface area contributed by atoms with Gasteiger partial charge in [0.1, 0.15) is 18.1 Å². The topological polar surface area (TPSA) is 59.9 Å². The average molecular weight is 546 g/mol. The van der Waals surface area contributed by atoms with Gasteiger partial charge in [-0.15, -0.1) is 0 Å². The zero-order valence-electron chi connectivity index (χ0n) is 17.0. The third kappa shape index (κ3) is 7.22. The molecule has 0 aliphatic heterocycles. The minimum absolute atomic E-state index is 0.207. The van der Waals surface area contributed by atoms with Crippen LogP contribution in [-0.2, 0) is 17.8 Å². The van der Waals surface area contributed by atoms with E-state index in [0.29, 0.717) is 19.0 Å². The summed E-state index contributed by atoms with van der Waals surface area (Å²) in [6.07, 6.45) is 1.80. The van der Waals surface area contributed by atoms with Crippen LogP contribution in [-0.4, -0.2) is 18.7 Å².